The highest BCUT2D eigenvalue weighted by atomic mass is 16.3. The van der Waals surface area contributed by atoms with Crippen LogP contribution in [0.3, 0.4) is 0 Å². The number of aliphatic hydroxyl groups excluding tert-OH is 2. The number of β-amino-alcohol motifs (C(OH)–C–C–N with tert-alkyl or cyclic N) is 1. The van der Waals surface area contributed by atoms with E-state index in [4.69, 9.17) is 0 Å². The number of H-pyrrole nitrogens is 1. The zero-order valence-electron chi connectivity index (χ0n) is 14.2. The van der Waals surface area contributed by atoms with Crippen LogP contribution in [-0.4, -0.2) is 51.1 Å². The number of nitrogens with zero attached hydrogens (tertiary/aromatic N) is 2. The molecule has 0 radical (unpaired) electrons. The highest BCUT2D eigenvalue weighted by Gasteiger charge is 2.70. The highest BCUT2D eigenvalue weighted by molar-refractivity contribution is 5.36. The van der Waals surface area contributed by atoms with Gasteiger partial charge in [-0.25, -0.2) is 0 Å². The van der Waals surface area contributed by atoms with E-state index in [1.807, 2.05) is 32.0 Å². The van der Waals surface area contributed by atoms with Crippen LogP contribution in [0.4, 0.5) is 0 Å². The van der Waals surface area contributed by atoms with Crippen molar-refractivity contribution in [2.75, 3.05) is 19.7 Å². The van der Waals surface area contributed by atoms with Crippen molar-refractivity contribution >= 4 is 0 Å². The largest absolute Gasteiger partial charge is 0.396 e. The molecule has 128 valence electrons. The van der Waals surface area contributed by atoms with E-state index >= 15 is 0 Å². The van der Waals surface area contributed by atoms with Crippen LogP contribution < -0.4 is 0 Å². The van der Waals surface area contributed by atoms with Crippen LogP contribution in [0.2, 0.25) is 0 Å². The number of aliphatic hydroxyl groups is 2. The van der Waals surface area contributed by atoms with Crippen molar-refractivity contribution < 1.29 is 10.2 Å². The van der Waals surface area contributed by atoms with Gasteiger partial charge in [-0.2, -0.15) is 5.10 Å². The lowest BCUT2D eigenvalue weighted by atomic mass is 9.95. The molecule has 1 saturated carbocycles. The fourth-order valence-electron chi connectivity index (χ4n) is 4.81. The summed E-state index contributed by atoms with van der Waals surface area (Å²) in [6.45, 7) is 6.47. The average Bonchev–Trinajstić information content (AvgIpc) is 2.98. The molecule has 24 heavy (non-hydrogen) atoms. The Hall–Kier alpha value is -1.69. The first-order valence-corrected chi connectivity index (χ1v) is 8.64. The lowest BCUT2D eigenvalue weighted by Crippen LogP contribution is -2.23. The quantitative estimate of drug-likeness (QED) is 0.797. The summed E-state index contributed by atoms with van der Waals surface area (Å²) in [7, 11) is 0. The van der Waals surface area contributed by atoms with Crippen LogP contribution in [0.25, 0.3) is 0 Å². The molecule has 4 atom stereocenters. The number of aromatic nitrogens is 2. The third kappa shape index (κ3) is 2.23. The van der Waals surface area contributed by atoms with Crippen molar-refractivity contribution in [3.63, 3.8) is 0 Å². The van der Waals surface area contributed by atoms with Gasteiger partial charge in [0.1, 0.15) is 0 Å². The number of likely N-dealkylation sites (tertiary alicyclic amines) is 1. The molecule has 1 spiro atoms. The minimum absolute atomic E-state index is 0.133. The molecule has 1 aromatic heterocycles. The van der Waals surface area contributed by atoms with Gasteiger partial charge in [0, 0.05) is 42.9 Å². The zero-order chi connectivity index (χ0) is 16.9. The predicted molar refractivity (Wildman–Crippen MR) is 91.5 cm³/mol. The molecule has 3 N–H and O–H groups in total. The summed E-state index contributed by atoms with van der Waals surface area (Å²) in [6.07, 6.45) is -0.396. The van der Waals surface area contributed by atoms with Crippen LogP contribution in [-0.2, 0) is 6.54 Å². The molecule has 5 nitrogen and oxygen atoms in total. The van der Waals surface area contributed by atoms with Crippen molar-refractivity contribution in [1.29, 1.82) is 0 Å². The third-order valence-electron chi connectivity index (χ3n) is 6.13. The van der Waals surface area contributed by atoms with Gasteiger partial charge in [-0.3, -0.25) is 10.00 Å². The van der Waals surface area contributed by atoms with Gasteiger partial charge >= 0.3 is 0 Å². The first kappa shape index (κ1) is 15.8. The van der Waals surface area contributed by atoms with Crippen LogP contribution in [0.15, 0.2) is 30.3 Å². The van der Waals surface area contributed by atoms with Crippen LogP contribution in [0.1, 0.15) is 28.4 Å². The second kappa shape index (κ2) is 5.69. The normalized spacial score (nSPS) is 32.6. The van der Waals surface area contributed by atoms with Crippen molar-refractivity contribution in [2.45, 2.75) is 32.4 Å². The first-order valence-electron chi connectivity index (χ1n) is 8.64. The van der Waals surface area contributed by atoms with Crippen molar-refractivity contribution in [3.05, 3.63) is 52.8 Å². The van der Waals surface area contributed by atoms with E-state index < -0.39 is 6.10 Å². The maximum absolute atomic E-state index is 10.8. The van der Waals surface area contributed by atoms with Gasteiger partial charge in [0.2, 0.25) is 0 Å². The van der Waals surface area contributed by atoms with E-state index in [2.05, 4.69) is 27.2 Å². The van der Waals surface area contributed by atoms with Gasteiger partial charge < -0.3 is 10.2 Å². The van der Waals surface area contributed by atoms with Gasteiger partial charge in [0.25, 0.3) is 0 Å². The lowest BCUT2D eigenvalue weighted by molar-refractivity contribution is 0.111. The van der Waals surface area contributed by atoms with E-state index in [-0.39, 0.29) is 23.9 Å². The van der Waals surface area contributed by atoms with Crippen LogP contribution in [0.5, 0.6) is 0 Å². The number of aromatic amines is 1. The van der Waals surface area contributed by atoms with Gasteiger partial charge in [-0.1, -0.05) is 30.3 Å². The minimum Gasteiger partial charge on any atom is -0.396 e. The first-order chi connectivity index (χ1) is 11.6. The molecule has 5 heteroatoms. The van der Waals surface area contributed by atoms with Crippen LogP contribution in [0, 0.1) is 25.2 Å². The van der Waals surface area contributed by atoms with Crippen molar-refractivity contribution in [3.8, 4) is 0 Å². The lowest BCUT2D eigenvalue weighted by Gasteiger charge is -2.16. The van der Waals surface area contributed by atoms with Crippen molar-refractivity contribution in [1.82, 2.24) is 15.1 Å². The maximum atomic E-state index is 10.8. The third-order valence-corrected chi connectivity index (χ3v) is 6.13. The number of aryl methyl sites for hydroxylation is 2. The molecule has 2 heterocycles. The Morgan fingerprint density at radius 1 is 1.29 bits per heavy atom. The molecule has 0 unspecified atom stereocenters. The molecule has 1 aromatic carbocycles. The Balaban J connectivity index is 1.57. The minimum atomic E-state index is -0.396. The molecular weight excluding hydrogens is 302 g/mol. The molecule has 1 aliphatic heterocycles. The number of hydrogen-bond acceptors (Lipinski definition) is 4. The summed E-state index contributed by atoms with van der Waals surface area (Å²) in [5, 5.41) is 28.0. The van der Waals surface area contributed by atoms with E-state index in [0.717, 1.165) is 24.5 Å². The second-order valence-corrected chi connectivity index (χ2v) is 7.39. The molecule has 0 bridgehead atoms. The summed E-state index contributed by atoms with van der Waals surface area (Å²) in [6, 6.07) is 10.3. The zero-order valence-corrected chi connectivity index (χ0v) is 14.2. The molecular formula is C19H25N3O2. The predicted octanol–water partition coefficient (Wildman–Crippen LogP) is 1.60. The highest BCUT2D eigenvalue weighted by Crippen LogP contribution is 2.68. The van der Waals surface area contributed by atoms with Crippen molar-refractivity contribution in [2.24, 2.45) is 11.3 Å². The summed E-state index contributed by atoms with van der Waals surface area (Å²) >= 11 is 0. The van der Waals surface area contributed by atoms with Gasteiger partial charge in [-0.15, -0.1) is 0 Å². The summed E-state index contributed by atoms with van der Waals surface area (Å²) < 4.78 is 0. The van der Waals surface area contributed by atoms with Crippen LogP contribution >= 0.6 is 0 Å². The Labute approximate surface area is 142 Å². The summed E-state index contributed by atoms with van der Waals surface area (Å²) in [5.41, 5.74) is 4.36. The molecule has 0 amide bonds. The fraction of sp³-hybridized carbons (Fsp3) is 0.526. The van der Waals surface area contributed by atoms with E-state index in [9.17, 15) is 10.2 Å². The molecule has 2 aliphatic rings. The Morgan fingerprint density at radius 2 is 2.04 bits per heavy atom. The van der Waals surface area contributed by atoms with E-state index in [0.29, 0.717) is 6.54 Å². The Morgan fingerprint density at radius 3 is 2.67 bits per heavy atom. The van der Waals surface area contributed by atoms with Gasteiger partial charge in [-0.05, 0) is 31.2 Å². The number of rotatable bonds is 4. The maximum Gasteiger partial charge on any atom is 0.0745 e. The Kier molecular flexibility index (Phi) is 3.75. The molecule has 1 saturated heterocycles. The number of benzene rings is 1. The summed E-state index contributed by atoms with van der Waals surface area (Å²) in [4.78, 5) is 2.31. The molecule has 2 fully saturated rings. The Bertz CT molecular complexity index is 710. The average molecular weight is 327 g/mol. The smallest absolute Gasteiger partial charge is 0.0745 e. The van der Waals surface area contributed by atoms with Gasteiger partial charge in [0.15, 0.2) is 0 Å². The second-order valence-electron chi connectivity index (χ2n) is 7.39. The van der Waals surface area contributed by atoms with E-state index in [1.165, 1.54) is 11.1 Å². The van der Waals surface area contributed by atoms with E-state index in [1.54, 1.807) is 0 Å². The summed E-state index contributed by atoms with van der Waals surface area (Å²) in [5.74, 6) is 0.390. The molecule has 4 rings (SSSR count). The molecule has 1 aliphatic carbocycles. The number of nitrogens with one attached hydrogen (secondary N) is 1. The standard InChI is InChI=1S/C19H25N3O2/c1-12-15(13(2)21-20-12)8-22-9-17(24)19(11-22)16(10-23)18(19)14-6-4-3-5-7-14/h3-7,16-18,23-24H,8-11H2,1-2H3,(H,20,21)/t16-,17-,18-,19-/m1/s1. The fourth-order valence-corrected chi connectivity index (χ4v) is 4.81. The SMILES string of the molecule is Cc1n[nH]c(C)c1CN1C[C@@H](O)[C@@]2(C1)[C@H](CO)[C@H]2c1ccccc1. The number of hydrogen-bond donors (Lipinski definition) is 3. The monoisotopic (exact) mass is 327 g/mol. The topological polar surface area (TPSA) is 72.4 Å². The van der Waals surface area contributed by atoms with Gasteiger partial charge in [0.05, 0.1) is 11.8 Å². The molecule has 2 aromatic rings.